The number of nitrogens with one attached hydrogen (secondary N) is 2. The number of benzene rings is 2. The Balaban J connectivity index is 1.73. The fraction of sp³-hybridized carbons (Fsp3) is 0.200. The topological polar surface area (TPSA) is 80.6 Å². The highest BCUT2D eigenvalue weighted by molar-refractivity contribution is 6.05. The monoisotopic (exact) mass is 418 g/mol. The highest BCUT2D eigenvalue weighted by atomic mass is 16.5. The van der Waals surface area contributed by atoms with Crippen LogP contribution in [0.1, 0.15) is 41.1 Å². The van der Waals surface area contributed by atoms with Gasteiger partial charge < -0.3 is 19.8 Å². The number of amides is 2. The van der Waals surface area contributed by atoms with Gasteiger partial charge in [0.1, 0.15) is 17.2 Å². The summed E-state index contributed by atoms with van der Waals surface area (Å²) in [5, 5.41) is 5.54. The lowest BCUT2D eigenvalue weighted by molar-refractivity contribution is -0.117. The Kier molecular flexibility index (Phi) is 7.27. The van der Waals surface area contributed by atoms with Crippen LogP contribution in [-0.4, -0.2) is 17.9 Å². The quantitative estimate of drug-likeness (QED) is 0.529. The largest absolute Gasteiger partial charge is 0.491 e. The van der Waals surface area contributed by atoms with E-state index in [2.05, 4.69) is 10.6 Å². The number of carbonyl (C=O) groups excluding carboxylic acids is 2. The first-order chi connectivity index (χ1) is 14.9. The van der Waals surface area contributed by atoms with Gasteiger partial charge >= 0.3 is 0 Å². The molecule has 0 saturated carbocycles. The van der Waals surface area contributed by atoms with Crippen molar-refractivity contribution < 1.29 is 18.7 Å². The van der Waals surface area contributed by atoms with E-state index in [0.717, 1.165) is 16.9 Å². The van der Waals surface area contributed by atoms with E-state index in [4.69, 9.17) is 9.15 Å². The maximum atomic E-state index is 12.9. The summed E-state index contributed by atoms with van der Waals surface area (Å²) in [6.07, 6.45) is 3.06. The number of aryl methyl sites for hydroxylation is 1. The highest BCUT2D eigenvalue weighted by Crippen LogP contribution is 2.15. The van der Waals surface area contributed by atoms with Gasteiger partial charge in [0.05, 0.1) is 12.4 Å². The molecule has 0 spiro atoms. The summed E-state index contributed by atoms with van der Waals surface area (Å²) in [4.78, 5) is 25.6. The summed E-state index contributed by atoms with van der Waals surface area (Å²) in [6, 6.07) is 18.1. The van der Waals surface area contributed by atoms with Gasteiger partial charge in [-0.1, -0.05) is 29.8 Å². The van der Waals surface area contributed by atoms with Gasteiger partial charge in [0, 0.05) is 18.2 Å². The second-order valence-electron chi connectivity index (χ2n) is 7.39. The van der Waals surface area contributed by atoms with Crippen molar-refractivity contribution in [3.05, 3.63) is 95.1 Å². The zero-order chi connectivity index (χ0) is 22.2. The van der Waals surface area contributed by atoms with Crippen molar-refractivity contribution in [2.24, 2.45) is 0 Å². The maximum Gasteiger partial charge on any atom is 0.268 e. The third-order valence-corrected chi connectivity index (χ3v) is 4.33. The molecule has 2 N–H and O–H groups in total. The van der Waals surface area contributed by atoms with Gasteiger partial charge in [0.15, 0.2) is 0 Å². The van der Waals surface area contributed by atoms with E-state index in [1.54, 1.807) is 30.3 Å². The molecule has 0 fully saturated rings. The Morgan fingerprint density at radius 1 is 1.06 bits per heavy atom. The molecule has 0 radical (unpaired) electrons. The molecular formula is C25H26N2O4. The molecule has 2 amide bonds. The SMILES string of the molecule is Cc1cccc(C(=O)N/C(=C\c2ccco2)C(=O)NCc2cccc(OC(C)C)c2)c1. The van der Waals surface area contributed by atoms with E-state index < -0.39 is 5.91 Å². The second kappa shape index (κ2) is 10.3. The van der Waals surface area contributed by atoms with Crippen LogP contribution in [0.4, 0.5) is 0 Å². The molecule has 6 nitrogen and oxygen atoms in total. The summed E-state index contributed by atoms with van der Waals surface area (Å²) in [6.45, 7) is 6.10. The zero-order valence-electron chi connectivity index (χ0n) is 17.8. The average Bonchev–Trinajstić information content (AvgIpc) is 3.24. The van der Waals surface area contributed by atoms with Crippen molar-refractivity contribution in [2.45, 2.75) is 33.4 Å². The molecule has 0 atom stereocenters. The molecule has 0 bridgehead atoms. The Labute approximate surface area is 181 Å². The number of carbonyl (C=O) groups is 2. The number of hydrogen-bond acceptors (Lipinski definition) is 4. The van der Waals surface area contributed by atoms with Crippen LogP contribution in [0.3, 0.4) is 0 Å². The Morgan fingerprint density at radius 2 is 1.87 bits per heavy atom. The van der Waals surface area contributed by atoms with Crippen molar-refractivity contribution in [3.8, 4) is 5.75 Å². The van der Waals surface area contributed by atoms with Crippen LogP contribution in [0.15, 0.2) is 77.0 Å². The lowest BCUT2D eigenvalue weighted by atomic mass is 10.1. The Bertz CT molecular complexity index is 1070. The first kappa shape index (κ1) is 21.9. The Morgan fingerprint density at radius 3 is 2.58 bits per heavy atom. The summed E-state index contributed by atoms with van der Waals surface area (Å²) in [7, 11) is 0. The molecule has 160 valence electrons. The van der Waals surface area contributed by atoms with Crippen molar-refractivity contribution in [2.75, 3.05) is 0 Å². The van der Waals surface area contributed by atoms with Crippen LogP contribution >= 0.6 is 0 Å². The molecule has 0 unspecified atom stereocenters. The molecule has 0 aliphatic carbocycles. The first-order valence-corrected chi connectivity index (χ1v) is 10.1. The van der Waals surface area contributed by atoms with Crippen molar-refractivity contribution in [1.29, 1.82) is 0 Å². The van der Waals surface area contributed by atoms with Gasteiger partial charge in [-0.2, -0.15) is 0 Å². The van der Waals surface area contributed by atoms with Crippen molar-refractivity contribution >= 4 is 17.9 Å². The van der Waals surface area contributed by atoms with Gasteiger partial charge in [0.25, 0.3) is 11.8 Å². The standard InChI is InChI=1S/C25H26N2O4/c1-17(2)31-22-10-5-8-19(14-22)16-26-25(29)23(15-21-11-6-12-30-21)27-24(28)20-9-4-7-18(3)13-20/h4-15,17H,16H2,1-3H3,(H,26,29)(H,27,28)/b23-15-. The van der Waals surface area contributed by atoms with Gasteiger partial charge in [-0.25, -0.2) is 0 Å². The fourth-order valence-corrected chi connectivity index (χ4v) is 2.93. The molecule has 1 aromatic heterocycles. The lowest BCUT2D eigenvalue weighted by Crippen LogP contribution is -2.34. The van der Waals surface area contributed by atoms with E-state index in [0.29, 0.717) is 11.3 Å². The zero-order valence-corrected chi connectivity index (χ0v) is 17.8. The molecule has 6 heteroatoms. The number of furan rings is 1. The molecule has 31 heavy (non-hydrogen) atoms. The molecular weight excluding hydrogens is 392 g/mol. The van der Waals surface area contributed by atoms with Gasteiger partial charge in [-0.05, 0) is 62.7 Å². The van der Waals surface area contributed by atoms with Crippen LogP contribution in [0.2, 0.25) is 0 Å². The number of rotatable bonds is 8. The smallest absolute Gasteiger partial charge is 0.268 e. The van der Waals surface area contributed by atoms with E-state index in [1.165, 1.54) is 12.3 Å². The lowest BCUT2D eigenvalue weighted by Gasteiger charge is -2.13. The summed E-state index contributed by atoms with van der Waals surface area (Å²) >= 11 is 0. The number of ether oxygens (including phenoxy) is 1. The Hall–Kier alpha value is -3.80. The fourth-order valence-electron chi connectivity index (χ4n) is 2.93. The minimum Gasteiger partial charge on any atom is -0.491 e. The van der Waals surface area contributed by atoms with Crippen molar-refractivity contribution in [1.82, 2.24) is 10.6 Å². The van der Waals surface area contributed by atoms with E-state index >= 15 is 0 Å². The average molecular weight is 418 g/mol. The van der Waals surface area contributed by atoms with Crippen LogP contribution in [0.5, 0.6) is 5.75 Å². The van der Waals surface area contributed by atoms with Gasteiger partial charge in [-0.15, -0.1) is 0 Å². The predicted octanol–water partition coefficient (Wildman–Crippen LogP) is 4.46. The predicted molar refractivity (Wildman–Crippen MR) is 119 cm³/mol. The third-order valence-electron chi connectivity index (χ3n) is 4.33. The van der Waals surface area contributed by atoms with Crippen LogP contribution in [0, 0.1) is 6.92 Å². The van der Waals surface area contributed by atoms with Crippen LogP contribution in [-0.2, 0) is 11.3 Å². The highest BCUT2D eigenvalue weighted by Gasteiger charge is 2.15. The first-order valence-electron chi connectivity index (χ1n) is 10.1. The molecule has 0 aliphatic heterocycles. The van der Waals surface area contributed by atoms with Gasteiger partial charge in [-0.3, -0.25) is 9.59 Å². The van der Waals surface area contributed by atoms with E-state index in [9.17, 15) is 9.59 Å². The molecule has 2 aromatic carbocycles. The van der Waals surface area contributed by atoms with Gasteiger partial charge in [0.2, 0.25) is 0 Å². The maximum absolute atomic E-state index is 12.9. The summed E-state index contributed by atoms with van der Waals surface area (Å²) in [5.41, 5.74) is 2.40. The van der Waals surface area contributed by atoms with Crippen LogP contribution < -0.4 is 15.4 Å². The van der Waals surface area contributed by atoms with E-state index in [-0.39, 0.29) is 24.3 Å². The van der Waals surface area contributed by atoms with Crippen molar-refractivity contribution in [3.63, 3.8) is 0 Å². The third kappa shape index (κ3) is 6.60. The molecule has 0 aliphatic rings. The molecule has 3 aromatic rings. The second-order valence-corrected chi connectivity index (χ2v) is 7.39. The minimum absolute atomic E-state index is 0.0597. The summed E-state index contributed by atoms with van der Waals surface area (Å²) < 4.78 is 11.0. The summed E-state index contributed by atoms with van der Waals surface area (Å²) in [5.74, 6) is 0.402. The van der Waals surface area contributed by atoms with E-state index in [1.807, 2.05) is 51.1 Å². The van der Waals surface area contributed by atoms with Crippen LogP contribution in [0.25, 0.3) is 6.08 Å². The molecule has 1 heterocycles. The normalized spacial score (nSPS) is 11.3. The minimum atomic E-state index is -0.424. The molecule has 0 saturated heterocycles. The number of hydrogen-bond donors (Lipinski definition) is 2. The molecule has 3 rings (SSSR count).